The molecule has 0 aromatic heterocycles. The second kappa shape index (κ2) is 6.34. The van der Waals surface area contributed by atoms with Crippen molar-refractivity contribution < 1.29 is 4.74 Å². The second-order valence-electron chi connectivity index (χ2n) is 1.70. The van der Waals surface area contributed by atoms with E-state index >= 15 is 0 Å². The zero-order valence-electron chi connectivity index (χ0n) is 6.31. The van der Waals surface area contributed by atoms with E-state index in [1.54, 1.807) is 7.11 Å². The molecule has 0 aromatic carbocycles. The molecule has 1 nitrogen and oxygen atoms in total. The van der Waals surface area contributed by atoms with Crippen LogP contribution in [0.25, 0.3) is 0 Å². The van der Waals surface area contributed by atoms with Crippen LogP contribution in [0.15, 0.2) is 10.5 Å². The molecule has 0 spiro atoms. The summed E-state index contributed by atoms with van der Waals surface area (Å²) in [5.74, 6) is 0. The van der Waals surface area contributed by atoms with Crippen molar-refractivity contribution in [3.05, 3.63) is 10.5 Å². The number of hydrogen-bond donors (Lipinski definition) is 0. The van der Waals surface area contributed by atoms with Crippen molar-refractivity contribution in [3.8, 4) is 0 Å². The average molecular weight is 193 g/mol. The van der Waals surface area contributed by atoms with Gasteiger partial charge in [-0.25, -0.2) is 0 Å². The fourth-order valence-corrected chi connectivity index (χ4v) is 1.83. The third-order valence-corrected chi connectivity index (χ3v) is 2.82. The van der Waals surface area contributed by atoms with Gasteiger partial charge < -0.3 is 0 Å². The van der Waals surface area contributed by atoms with E-state index in [-0.39, 0.29) is 0 Å². The molecule has 0 saturated carbocycles. The molecule has 0 N–H and O–H groups in total. The van der Waals surface area contributed by atoms with Crippen molar-refractivity contribution in [2.75, 3.05) is 13.7 Å². The first-order valence-corrected chi connectivity index (χ1v) is 5.16. The van der Waals surface area contributed by atoms with Gasteiger partial charge in [0.1, 0.15) is 0 Å². The van der Waals surface area contributed by atoms with Crippen LogP contribution in [-0.4, -0.2) is 28.7 Å². The molecule has 9 heavy (non-hydrogen) atoms. The van der Waals surface area contributed by atoms with E-state index in [9.17, 15) is 0 Å². The number of hydrogen-bond acceptors (Lipinski definition) is 1. The monoisotopic (exact) mass is 194 g/mol. The Labute approximate surface area is 63.6 Å². The van der Waals surface area contributed by atoms with Gasteiger partial charge in [0, 0.05) is 0 Å². The Balaban J connectivity index is 3.30. The van der Waals surface area contributed by atoms with E-state index in [2.05, 4.69) is 19.9 Å². The summed E-state index contributed by atoms with van der Waals surface area (Å²) in [4.78, 5) is 0. The van der Waals surface area contributed by atoms with Crippen LogP contribution in [-0.2, 0) is 4.74 Å². The Bertz CT molecular complexity index is 88.9. The fourth-order valence-electron chi connectivity index (χ4n) is 0.487. The Kier molecular flexibility index (Phi) is 6.50. The van der Waals surface area contributed by atoms with Crippen molar-refractivity contribution in [2.24, 2.45) is 0 Å². The van der Waals surface area contributed by atoms with Gasteiger partial charge in [0.2, 0.25) is 0 Å². The van der Waals surface area contributed by atoms with Crippen molar-refractivity contribution in [3.63, 3.8) is 0 Å². The summed E-state index contributed by atoms with van der Waals surface area (Å²) < 4.78 is 6.38. The van der Waals surface area contributed by atoms with Gasteiger partial charge in [-0.3, -0.25) is 0 Å². The predicted octanol–water partition coefficient (Wildman–Crippen LogP) is 1.68. The second-order valence-corrected chi connectivity index (χ2v) is 4.87. The molecule has 0 saturated heterocycles. The van der Waals surface area contributed by atoms with Gasteiger partial charge >= 0.3 is 63.1 Å². The topological polar surface area (TPSA) is 9.23 Å². The van der Waals surface area contributed by atoms with Gasteiger partial charge in [-0.15, -0.1) is 0 Å². The van der Waals surface area contributed by atoms with Crippen LogP contribution in [0.4, 0.5) is 0 Å². The normalized spacial score (nSPS) is 12.1. The van der Waals surface area contributed by atoms with Gasteiger partial charge in [-0.1, -0.05) is 0 Å². The molecular formula is C7H14OSe. The molecule has 0 amide bonds. The van der Waals surface area contributed by atoms with E-state index in [1.165, 1.54) is 9.79 Å². The molecule has 0 radical (unpaired) electrons. The van der Waals surface area contributed by atoms with Crippen LogP contribution in [0.1, 0.15) is 13.8 Å². The third kappa shape index (κ3) is 6.10. The predicted molar refractivity (Wildman–Crippen MR) is 41.9 cm³/mol. The summed E-state index contributed by atoms with van der Waals surface area (Å²) in [6.45, 7) is 5.15. The molecular weight excluding hydrogens is 179 g/mol. The molecule has 0 aliphatic heterocycles. The van der Waals surface area contributed by atoms with Crippen LogP contribution in [0.3, 0.4) is 0 Å². The minimum absolute atomic E-state index is 0.707. The average Bonchev–Trinajstić information content (AvgIpc) is 1.85. The van der Waals surface area contributed by atoms with E-state index in [4.69, 9.17) is 4.74 Å². The van der Waals surface area contributed by atoms with E-state index in [0.29, 0.717) is 15.0 Å². The zero-order chi connectivity index (χ0) is 7.11. The summed E-state index contributed by atoms with van der Waals surface area (Å²) in [5, 5.41) is 1.29. The number of ether oxygens (including phenoxy) is 1. The molecule has 0 aliphatic carbocycles. The fraction of sp³-hybridized carbons (Fsp3) is 0.714. The van der Waals surface area contributed by atoms with Gasteiger partial charge in [-0.2, -0.15) is 0 Å². The molecule has 0 aliphatic rings. The van der Waals surface area contributed by atoms with Crippen molar-refractivity contribution >= 4 is 15.0 Å². The quantitative estimate of drug-likeness (QED) is 0.617. The first-order valence-electron chi connectivity index (χ1n) is 3.09. The Morgan fingerprint density at radius 3 is 2.78 bits per heavy atom. The minimum atomic E-state index is 0.707. The van der Waals surface area contributed by atoms with Gasteiger partial charge in [0.05, 0.1) is 0 Å². The number of methoxy groups -OCH3 is 1. The molecule has 0 bridgehead atoms. The molecule has 0 unspecified atom stereocenters. The van der Waals surface area contributed by atoms with Crippen molar-refractivity contribution in [1.29, 1.82) is 0 Å². The summed E-state index contributed by atoms with van der Waals surface area (Å²) in [7, 11) is 1.72. The van der Waals surface area contributed by atoms with Crippen LogP contribution in [0.2, 0.25) is 5.32 Å². The molecule has 0 rings (SSSR count). The summed E-state index contributed by atoms with van der Waals surface area (Å²) in [6, 6.07) is 0. The third-order valence-electron chi connectivity index (χ3n) is 0.909. The molecule has 0 heterocycles. The van der Waals surface area contributed by atoms with Gasteiger partial charge in [0.25, 0.3) is 0 Å². The zero-order valence-corrected chi connectivity index (χ0v) is 8.02. The molecule has 0 aromatic rings. The maximum absolute atomic E-state index is 4.89. The van der Waals surface area contributed by atoms with E-state index < -0.39 is 0 Å². The van der Waals surface area contributed by atoms with Crippen LogP contribution in [0, 0.1) is 0 Å². The van der Waals surface area contributed by atoms with Crippen LogP contribution < -0.4 is 0 Å². The number of rotatable bonds is 4. The van der Waals surface area contributed by atoms with Crippen molar-refractivity contribution in [1.82, 2.24) is 0 Å². The molecule has 2 heteroatoms. The Morgan fingerprint density at radius 2 is 2.33 bits per heavy atom. The van der Waals surface area contributed by atoms with Crippen LogP contribution >= 0.6 is 0 Å². The summed E-state index contributed by atoms with van der Waals surface area (Å²) in [5.41, 5.74) is 0. The van der Waals surface area contributed by atoms with Gasteiger partial charge in [-0.05, 0) is 0 Å². The van der Waals surface area contributed by atoms with Gasteiger partial charge in [0.15, 0.2) is 0 Å². The molecule has 0 atom stereocenters. The number of allylic oxidation sites excluding steroid dienone is 1. The van der Waals surface area contributed by atoms with Crippen molar-refractivity contribution in [2.45, 2.75) is 19.2 Å². The Hall–Kier alpha value is 0.219. The van der Waals surface area contributed by atoms with Crippen LogP contribution in [0.5, 0.6) is 0 Å². The molecule has 0 fully saturated rings. The summed E-state index contributed by atoms with van der Waals surface area (Å²) >= 11 is 0.707. The first kappa shape index (κ1) is 9.22. The Morgan fingerprint density at radius 1 is 1.67 bits per heavy atom. The SMILES string of the molecule is CC[Se]/C(C)=C/COC. The van der Waals surface area contributed by atoms with E-state index in [0.717, 1.165) is 6.61 Å². The van der Waals surface area contributed by atoms with E-state index in [1.807, 2.05) is 0 Å². The molecule has 54 valence electrons. The maximum atomic E-state index is 4.89. The standard InChI is InChI=1S/C7H14OSe/c1-4-9-7(2)5-6-8-3/h5H,4,6H2,1-3H3/b7-5+. The summed E-state index contributed by atoms with van der Waals surface area (Å²) in [6.07, 6.45) is 2.16. The first-order chi connectivity index (χ1) is 4.31.